The summed E-state index contributed by atoms with van der Waals surface area (Å²) in [5.74, 6) is 1.08. The van der Waals surface area contributed by atoms with Gasteiger partial charge >= 0.3 is 0 Å². The van der Waals surface area contributed by atoms with Gasteiger partial charge < -0.3 is 4.57 Å². The van der Waals surface area contributed by atoms with Crippen LogP contribution in [0.3, 0.4) is 0 Å². The van der Waals surface area contributed by atoms with Gasteiger partial charge in [0.2, 0.25) is 0 Å². The van der Waals surface area contributed by atoms with E-state index in [9.17, 15) is 4.79 Å². The zero-order chi connectivity index (χ0) is 8.55. The number of hydrogen-bond acceptors (Lipinski definition) is 2. The molecule has 0 N–H and O–H groups in total. The van der Waals surface area contributed by atoms with E-state index in [-0.39, 0.29) is 0 Å². The minimum atomic E-state index is 0.768. The van der Waals surface area contributed by atoms with Crippen LogP contribution in [0.15, 0.2) is 0 Å². The first kappa shape index (κ1) is 7.53. The Kier molecular flexibility index (Phi) is 1.71. The Labute approximate surface area is 71.4 Å². The van der Waals surface area contributed by atoms with Crippen LogP contribution in [0.25, 0.3) is 0 Å². The van der Waals surface area contributed by atoms with Crippen LogP contribution in [0.5, 0.6) is 0 Å². The van der Waals surface area contributed by atoms with Gasteiger partial charge in [0.05, 0.1) is 5.69 Å². The molecule has 0 bridgehead atoms. The Morgan fingerprint density at radius 2 is 2.33 bits per heavy atom. The molecule has 2 heterocycles. The molecule has 64 valence electrons. The predicted molar refractivity (Wildman–Crippen MR) is 45.3 cm³/mol. The maximum Gasteiger partial charge on any atom is 0.168 e. The Hall–Kier alpha value is -1.12. The van der Waals surface area contributed by atoms with Gasteiger partial charge in [0.15, 0.2) is 6.29 Å². The van der Waals surface area contributed by atoms with Crippen molar-refractivity contribution < 1.29 is 4.79 Å². The van der Waals surface area contributed by atoms with Gasteiger partial charge in [-0.1, -0.05) is 0 Å². The van der Waals surface area contributed by atoms with Crippen LogP contribution >= 0.6 is 0 Å². The summed E-state index contributed by atoms with van der Waals surface area (Å²) in [6.45, 7) is 2.86. The number of hydrogen-bond donors (Lipinski definition) is 0. The summed E-state index contributed by atoms with van der Waals surface area (Å²) in [6.07, 6.45) is 4.31. The molecular formula is C9H12N2O. The minimum Gasteiger partial charge on any atom is -0.326 e. The first-order valence-electron chi connectivity index (χ1n) is 4.34. The van der Waals surface area contributed by atoms with E-state index in [1.807, 2.05) is 11.5 Å². The van der Waals surface area contributed by atoms with Crippen molar-refractivity contribution in [2.45, 2.75) is 32.7 Å². The highest BCUT2D eigenvalue weighted by molar-refractivity contribution is 5.74. The number of rotatable bonds is 1. The van der Waals surface area contributed by atoms with Crippen molar-refractivity contribution in [3.8, 4) is 0 Å². The molecule has 0 amide bonds. The van der Waals surface area contributed by atoms with Crippen LogP contribution in [-0.2, 0) is 13.0 Å². The highest BCUT2D eigenvalue weighted by atomic mass is 16.1. The van der Waals surface area contributed by atoms with E-state index in [0.29, 0.717) is 0 Å². The lowest BCUT2D eigenvalue weighted by atomic mass is 10.2. The largest absolute Gasteiger partial charge is 0.326 e. The van der Waals surface area contributed by atoms with E-state index in [1.54, 1.807) is 0 Å². The molecule has 12 heavy (non-hydrogen) atoms. The average Bonchev–Trinajstić information content (AvgIpc) is 2.40. The van der Waals surface area contributed by atoms with Crippen molar-refractivity contribution in [3.63, 3.8) is 0 Å². The maximum absolute atomic E-state index is 10.7. The van der Waals surface area contributed by atoms with E-state index in [1.165, 1.54) is 12.8 Å². The zero-order valence-corrected chi connectivity index (χ0v) is 7.21. The van der Waals surface area contributed by atoms with Gasteiger partial charge in [0.1, 0.15) is 11.5 Å². The molecule has 1 aliphatic heterocycles. The molecule has 0 radical (unpaired) electrons. The summed E-state index contributed by atoms with van der Waals surface area (Å²) < 4.78 is 2.05. The second kappa shape index (κ2) is 2.73. The number of carbonyl (C=O) groups excluding carboxylic acids is 1. The number of imidazole rings is 1. The molecule has 1 aromatic heterocycles. The molecule has 1 aliphatic rings. The van der Waals surface area contributed by atoms with Gasteiger partial charge in [0, 0.05) is 13.0 Å². The van der Waals surface area contributed by atoms with E-state index in [2.05, 4.69) is 4.98 Å². The topological polar surface area (TPSA) is 34.9 Å². The number of carbonyl (C=O) groups is 1. The molecule has 1 aromatic rings. The third kappa shape index (κ3) is 0.967. The molecule has 0 fully saturated rings. The molecule has 0 aromatic carbocycles. The summed E-state index contributed by atoms with van der Waals surface area (Å²) in [7, 11) is 0. The monoisotopic (exact) mass is 164 g/mol. The summed E-state index contributed by atoms with van der Waals surface area (Å²) in [4.78, 5) is 15.1. The fraction of sp³-hybridized carbons (Fsp3) is 0.556. The molecule has 0 saturated heterocycles. The van der Waals surface area contributed by atoms with Crippen LogP contribution in [0, 0.1) is 6.92 Å². The molecule has 0 atom stereocenters. The fourth-order valence-corrected chi connectivity index (χ4v) is 1.79. The van der Waals surface area contributed by atoms with Crippen molar-refractivity contribution in [3.05, 3.63) is 17.2 Å². The second-order valence-corrected chi connectivity index (χ2v) is 3.23. The SMILES string of the molecule is Cc1nc2n(c1C=O)CCCC2. The van der Waals surface area contributed by atoms with Crippen LogP contribution in [0.2, 0.25) is 0 Å². The summed E-state index contributed by atoms with van der Waals surface area (Å²) in [5, 5.41) is 0. The smallest absolute Gasteiger partial charge is 0.168 e. The molecule has 3 nitrogen and oxygen atoms in total. The number of fused-ring (bicyclic) bond motifs is 1. The van der Waals surface area contributed by atoms with Crippen molar-refractivity contribution in [2.75, 3.05) is 0 Å². The maximum atomic E-state index is 10.7. The van der Waals surface area contributed by atoms with Crippen molar-refractivity contribution in [1.29, 1.82) is 0 Å². The Bertz CT molecular complexity index is 315. The van der Waals surface area contributed by atoms with Gasteiger partial charge in [-0.15, -0.1) is 0 Å². The second-order valence-electron chi connectivity index (χ2n) is 3.23. The van der Waals surface area contributed by atoms with Crippen LogP contribution in [0.1, 0.15) is 34.8 Å². The molecule has 3 heteroatoms. The van der Waals surface area contributed by atoms with Gasteiger partial charge in [0.25, 0.3) is 0 Å². The summed E-state index contributed by atoms with van der Waals surface area (Å²) in [5.41, 5.74) is 1.65. The Morgan fingerprint density at radius 1 is 1.50 bits per heavy atom. The molecule has 2 rings (SSSR count). The lowest BCUT2D eigenvalue weighted by molar-refractivity contribution is 0.111. The van der Waals surface area contributed by atoms with E-state index >= 15 is 0 Å². The number of aldehydes is 1. The first-order chi connectivity index (χ1) is 5.83. The normalized spacial score (nSPS) is 15.8. The summed E-state index contributed by atoms with van der Waals surface area (Å²) >= 11 is 0. The Balaban J connectivity index is 2.53. The van der Waals surface area contributed by atoms with Gasteiger partial charge in [-0.25, -0.2) is 4.98 Å². The van der Waals surface area contributed by atoms with Crippen molar-refractivity contribution in [2.24, 2.45) is 0 Å². The first-order valence-corrected chi connectivity index (χ1v) is 4.34. The van der Waals surface area contributed by atoms with Crippen LogP contribution in [0.4, 0.5) is 0 Å². The zero-order valence-electron chi connectivity index (χ0n) is 7.21. The fourth-order valence-electron chi connectivity index (χ4n) is 1.79. The van der Waals surface area contributed by atoms with Gasteiger partial charge in [-0.05, 0) is 19.8 Å². The summed E-state index contributed by atoms with van der Waals surface area (Å²) in [6, 6.07) is 0. The quantitative estimate of drug-likeness (QED) is 0.587. The van der Waals surface area contributed by atoms with Crippen LogP contribution < -0.4 is 0 Å². The minimum absolute atomic E-state index is 0.768. The molecule has 0 spiro atoms. The molecule has 0 unspecified atom stereocenters. The molecule has 0 aliphatic carbocycles. The third-order valence-corrected chi connectivity index (χ3v) is 2.41. The number of nitrogens with zero attached hydrogens (tertiary/aromatic N) is 2. The van der Waals surface area contributed by atoms with E-state index in [0.717, 1.165) is 36.5 Å². The highest BCUT2D eigenvalue weighted by Crippen LogP contribution is 2.17. The third-order valence-electron chi connectivity index (χ3n) is 2.41. The highest BCUT2D eigenvalue weighted by Gasteiger charge is 2.16. The van der Waals surface area contributed by atoms with Crippen molar-refractivity contribution >= 4 is 6.29 Å². The van der Waals surface area contributed by atoms with E-state index < -0.39 is 0 Å². The van der Waals surface area contributed by atoms with Gasteiger partial charge in [-0.3, -0.25) is 4.79 Å². The Morgan fingerprint density at radius 3 is 3.08 bits per heavy atom. The number of aryl methyl sites for hydroxylation is 2. The number of aromatic nitrogens is 2. The molecule has 0 saturated carbocycles. The van der Waals surface area contributed by atoms with Crippen molar-refractivity contribution in [1.82, 2.24) is 9.55 Å². The average molecular weight is 164 g/mol. The van der Waals surface area contributed by atoms with E-state index in [4.69, 9.17) is 0 Å². The lowest BCUT2D eigenvalue weighted by Gasteiger charge is -2.13. The lowest BCUT2D eigenvalue weighted by Crippen LogP contribution is -2.12. The molecular weight excluding hydrogens is 152 g/mol. The van der Waals surface area contributed by atoms with Gasteiger partial charge in [-0.2, -0.15) is 0 Å². The standard InChI is InChI=1S/C9H12N2O/c1-7-8(6-12)11-5-3-2-4-9(11)10-7/h6H,2-5H2,1H3. The predicted octanol–water partition coefficient (Wildman–Crippen LogP) is 1.34. The van der Waals surface area contributed by atoms with Crippen LogP contribution in [-0.4, -0.2) is 15.8 Å².